The van der Waals surface area contributed by atoms with Gasteiger partial charge >= 0.3 is 17.6 Å². The summed E-state index contributed by atoms with van der Waals surface area (Å²) in [6.07, 6.45) is 5.42. The smallest absolute Gasteiger partial charge is 0.336 e. The normalized spacial score (nSPS) is 24.7. The highest BCUT2D eigenvalue weighted by Crippen LogP contribution is 2.50. The van der Waals surface area contributed by atoms with Crippen LogP contribution in [0.1, 0.15) is 109 Å². The van der Waals surface area contributed by atoms with Crippen LogP contribution >= 0.6 is 0 Å². The Morgan fingerprint density at radius 1 is 0.867 bits per heavy atom. The molecule has 0 amide bonds. The maximum Gasteiger partial charge on any atom is 0.336 e. The van der Waals surface area contributed by atoms with E-state index in [1.807, 2.05) is 26.8 Å². The number of aryl methyl sites for hydroxylation is 1. The van der Waals surface area contributed by atoms with Gasteiger partial charge in [-0.15, -0.1) is 0 Å². The lowest BCUT2D eigenvalue weighted by molar-refractivity contribution is -0.190. The van der Waals surface area contributed by atoms with Gasteiger partial charge in [-0.3, -0.25) is 4.79 Å². The molecule has 4 aliphatic rings. The summed E-state index contributed by atoms with van der Waals surface area (Å²) < 4.78 is 25.8. The minimum absolute atomic E-state index is 0.0557. The molecule has 0 fully saturated rings. The van der Waals surface area contributed by atoms with Crippen molar-refractivity contribution in [1.29, 1.82) is 0 Å². The Labute approximate surface area is 349 Å². The second-order valence-electron chi connectivity index (χ2n) is 17.1. The summed E-state index contributed by atoms with van der Waals surface area (Å²) in [5.41, 5.74) is 7.07. The van der Waals surface area contributed by atoms with Gasteiger partial charge in [0.15, 0.2) is 17.8 Å². The number of hydrogen-bond acceptors (Lipinski definition) is 8. The zero-order chi connectivity index (χ0) is 41.5. The predicted molar refractivity (Wildman–Crippen MR) is 228 cm³/mol. The van der Waals surface area contributed by atoms with Crippen LogP contribution in [0.5, 0.6) is 5.75 Å². The minimum Gasteiger partial charge on any atom is -0.482 e. The number of aliphatic hydroxyl groups excluding tert-OH is 1. The van der Waals surface area contributed by atoms with Crippen LogP contribution in [0, 0.1) is 17.8 Å². The maximum atomic E-state index is 14.8. The number of aliphatic hydroxyl groups is 1. The molecule has 304 valence electrons. The lowest BCUT2D eigenvalue weighted by Gasteiger charge is -2.45. The molecule has 0 spiro atoms. The van der Waals surface area contributed by atoms with E-state index in [0.29, 0.717) is 48.0 Å². The first-order valence-corrected chi connectivity index (χ1v) is 20.9. The van der Waals surface area contributed by atoms with Crippen molar-refractivity contribution in [2.45, 2.75) is 102 Å². The van der Waals surface area contributed by atoms with Gasteiger partial charge in [-0.1, -0.05) is 102 Å². The van der Waals surface area contributed by atoms with Crippen LogP contribution in [0.3, 0.4) is 0 Å². The number of hydrogen-bond donors (Lipinski definition) is 1. The second kappa shape index (κ2) is 16.1. The van der Waals surface area contributed by atoms with Crippen LogP contribution in [0.2, 0.25) is 0 Å². The molecule has 0 saturated carbocycles. The molecule has 9 rings (SSSR count). The van der Waals surface area contributed by atoms with Crippen LogP contribution < -0.4 is 10.4 Å². The zero-order valence-electron chi connectivity index (χ0n) is 34.2. The molecule has 5 aromatic rings. The molecule has 5 bridgehead atoms. The topological polar surface area (TPSA) is 112 Å². The highest BCUT2D eigenvalue weighted by molar-refractivity contribution is 5.90. The van der Waals surface area contributed by atoms with Crippen molar-refractivity contribution < 1.29 is 33.3 Å². The Hall–Kier alpha value is -6.17. The first-order valence-electron chi connectivity index (χ1n) is 20.9. The van der Waals surface area contributed by atoms with Crippen molar-refractivity contribution in [3.8, 4) is 17.6 Å². The molecule has 1 N–H and O–H groups in total. The number of ether oxygens (including phenoxy) is 3. The number of carbonyl (C=O) groups is 2. The highest BCUT2D eigenvalue weighted by Gasteiger charge is 2.53. The molecular weight excluding hydrogens is 753 g/mol. The minimum atomic E-state index is -1.28. The fourth-order valence-corrected chi connectivity index (χ4v) is 9.66. The quantitative estimate of drug-likeness (QED) is 0.0630. The number of carbonyl (C=O) groups excluding carboxylic acids is 2. The fourth-order valence-electron chi connectivity index (χ4n) is 9.66. The van der Waals surface area contributed by atoms with Crippen molar-refractivity contribution in [2.75, 3.05) is 0 Å². The van der Waals surface area contributed by atoms with Crippen LogP contribution in [0.4, 0.5) is 0 Å². The van der Waals surface area contributed by atoms with Crippen molar-refractivity contribution in [3.63, 3.8) is 0 Å². The van der Waals surface area contributed by atoms with Crippen molar-refractivity contribution in [2.24, 2.45) is 5.92 Å². The van der Waals surface area contributed by atoms with E-state index >= 15 is 0 Å². The molecule has 6 unspecified atom stereocenters. The van der Waals surface area contributed by atoms with E-state index in [2.05, 4.69) is 90.7 Å². The van der Waals surface area contributed by atoms with Crippen molar-refractivity contribution in [1.82, 2.24) is 0 Å². The maximum absolute atomic E-state index is 14.8. The van der Waals surface area contributed by atoms with Gasteiger partial charge in [0.2, 0.25) is 0 Å². The van der Waals surface area contributed by atoms with Gasteiger partial charge in [-0.2, -0.15) is 0 Å². The lowest BCUT2D eigenvalue weighted by Crippen LogP contribution is -2.54. The Balaban J connectivity index is 1.20. The molecule has 60 heavy (non-hydrogen) atoms. The Kier molecular flexibility index (Phi) is 10.6. The standard InChI is InChI=1S/C52H48O8/c1-31(2)40-18-15-33-16-19-41-37(25-33)13-7-8-23-52(3)50(59-51(40)56)49(47-44(60-52)22-21-43-39(30-53)29-46(55)57-48(43)47)58-45(54)28-38-27-36(17-20-42(38)41)35-14-9-12-34(26-35)24-32-10-5-4-6-11-32/h4-6,9-12,14,16-17,19-22,25-26,29,36,38,42,49-50,53H,13,15,18,23-24,27-28,30H2,1-3H3. The monoisotopic (exact) mass is 800 g/mol. The summed E-state index contributed by atoms with van der Waals surface area (Å²) in [7, 11) is 0. The summed E-state index contributed by atoms with van der Waals surface area (Å²) in [6, 6.07) is 30.4. The van der Waals surface area contributed by atoms with Crippen LogP contribution in [-0.4, -0.2) is 28.8 Å². The molecule has 4 aromatic carbocycles. The number of rotatable bonds is 4. The molecule has 0 saturated heterocycles. The Morgan fingerprint density at radius 3 is 2.52 bits per heavy atom. The third-order valence-corrected chi connectivity index (χ3v) is 12.8. The third-order valence-electron chi connectivity index (χ3n) is 12.8. The van der Waals surface area contributed by atoms with E-state index in [0.717, 1.165) is 28.7 Å². The van der Waals surface area contributed by atoms with E-state index in [4.69, 9.17) is 18.6 Å². The molecule has 0 radical (unpaired) electrons. The first-order chi connectivity index (χ1) is 29.1. The van der Waals surface area contributed by atoms with Gasteiger partial charge in [0, 0.05) is 41.7 Å². The molecule has 4 heterocycles. The molecule has 8 nitrogen and oxygen atoms in total. The molecule has 1 aromatic heterocycles. The second-order valence-corrected chi connectivity index (χ2v) is 17.1. The summed E-state index contributed by atoms with van der Waals surface area (Å²) >= 11 is 0. The van der Waals surface area contributed by atoms with Crippen molar-refractivity contribution in [3.05, 3.63) is 169 Å². The van der Waals surface area contributed by atoms with E-state index < -0.39 is 42.0 Å². The summed E-state index contributed by atoms with van der Waals surface area (Å²) in [6.45, 7) is 5.18. The number of benzene rings is 4. The van der Waals surface area contributed by atoms with Crippen LogP contribution in [0.15, 0.2) is 124 Å². The van der Waals surface area contributed by atoms with Crippen LogP contribution in [-0.2, 0) is 44.9 Å². The van der Waals surface area contributed by atoms with Gasteiger partial charge in [0.25, 0.3) is 0 Å². The van der Waals surface area contributed by atoms with Gasteiger partial charge in [-0.25, -0.2) is 9.59 Å². The molecule has 3 aliphatic heterocycles. The molecule has 1 aliphatic carbocycles. The predicted octanol–water partition coefficient (Wildman–Crippen LogP) is 9.29. The van der Waals surface area contributed by atoms with E-state index in [1.165, 1.54) is 22.8 Å². The van der Waals surface area contributed by atoms with Gasteiger partial charge in [0.05, 0.1) is 18.6 Å². The number of allylic oxidation sites excluding steroid dienone is 3. The van der Waals surface area contributed by atoms with Gasteiger partial charge in [0.1, 0.15) is 11.3 Å². The lowest BCUT2D eigenvalue weighted by atomic mass is 9.71. The summed E-state index contributed by atoms with van der Waals surface area (Å²) in [5, 5.41) is 10.7. The fraction of sp³-hybridized carbons (Fsp3) is 0.327. The zero-order valence-corrected chi connectivity index (χ0v) is 34.2. The van der Waals surface area contributed by atoms with Gasteiger partial charge in [-0.05, 0) is 103 Å². The van der Waals surface area contributed by atoms with Crippen LogP contribution in [0.25, 0.3) is 11.0 Å². The molecular formula is C52H48O8. The number of esters is 2. The SMILES string of the molecule is CC(C)=C1CCc2ccc3c(c2)CC#CCC2(C)Oc4ccc5c(CO)cc(=O)oc5c4C(OC(=O)CC4CC(c5cccc(Cc6ccccc6)c5)C=CC34)C2OC1=O. The van der Waals surface area contributed by atoms with E-state index in [-0.39, 0.29) is 41.7 Å². The van der Waals surface area contributed by atoms with E-state index in [1.54, 1.807) is 12.1 Å². The summed E-state index contributed by atoms with van der Waals surface area (Å²) in [4.78, 5) is 42.2. The highest BCUT2D eigenvalue weighted by atomic mass is 16.6. The van der Waals surface area contributed by atoms with Crippen molar-refractivity contribution >= 4 is 22.9 Å². The summed E-state index contributed by atoms with van der Waals surface area (Å²) in [5.74, 6) is 5.89. The molecule has 8 heteroatoms. The average Bonchev–Trinajstić information content (AvgIpc) is 3.23. The Bertz CT molecular complexity index is 2690. The number of fused-ring (bicyclic) bond motifs is 9. The molecule has 6 atom stereocenters. The van der Waals surface area contributed by atoms with E-state index in [9.17, 15) is 19.5 Å². The largest absolute Gasteiger partial charge is 0.482 e. The Morgan fingerprint density at radius 2 is 1.70 bits per heavy atom. The van der Waals surface area contributed by atoms with Gasteiger partial charge < -0.3 is 23.7 Å². The third kappa shape index (κ3) is 7.59. The first kappa shape index (κ1) is 39.3. The average molecular weight is 801 g/mol.